The van der Waals surface area contributed by atoms with Gasteiger partial charge in [-0.1, -0.05) is 29.3 Å². The third-order valence-electron chi connectivity index (χ3n) is 2.03. The molecule has 88 valence electrons. The van der Waals surface area contributed by atoms with Gasteiger partial charge in [-0.15, -0.1) is 0 Å². The lowest BCUT2D eigenvalue weighted by atomic mass is 10.1. The number of nitrogens with one attached hydrogen (secondary N) is 2. The van der Waals surface area contributed by atoms with Crippen LogP contribution in [0.3, 0.4) is 0 Å². The van der Waals surface area contributed by atoms with Crippen molar-refractivity contribution in [2.24, 2.45) is 0 Å². The molecule has 0 saturated carbocycles. The average molecular weight is 261 g/mol. The van der Waals surface area contributed by atoms with Gasteiger partial charge < -0.3 is 10.6 Å². The van der Waals surface area contributed by atoms with E-state index in [2.05, 4.69) is 10.6 Å². The molecule has 0 saturated heterocycles. The first-order valence-electron chi connectivity index (χ1n) is 5.09. The maximum Gasteiger partial charge on any atom is 0.314 e. The Balaban J connectivity index is 2.40. The number of rotatable bonds is 4. The van der Waals surface area contributed by atoms with Crippen molar-refractivity contribution in [1.82, 2.24) is 10.6 Å². The minimum absolute atomic E-state index is 0.160. The third-order valence-corrected chi connectivity index (χ3v) is 2.62. The van der Waals surface area contributed by atoms with E-state index in [1.165, 1.54) is 0 Å². The van der Waals surface area contributed by atoms with Crippen molar-refractivity contribution in [2.45, 2.75) is 13.3 Å². The molecule has 0 fully saturated rings. The highest BCUT2D eigenvalue weighted by Gasteiger charge is 2.02. The number of carbonyl (C=O) groups is 1. The van der Waals surface area contributed by atoms with Crippen LogP contribution in [0.4, 0.5) is 4.79 Å². The summed E-state index contributed by atoms with van der Waals surface area (Å²) in [6.45, 7) is 3.04. The van der Waals surface area contributed by atoms with Crippen molar-refractivity contribution < 1.29 is 4.79 Å². The van der Waals surface area contributed by atoms with Crippen LogP contribution in [-0.4, -0.2) is 19.1 Å². The zero-order chi connectivity index (χ0) is 12.0. The molecule has 16 heavy (non-hydrogen) atoms. The highest BCUT2D eigenvalue weighted by atomic mass is 35.5. The first kappa shape index (κ1) is 13.1. The van der Waals surface area contributed by atoms with Gasteiger partial charge in [-0.25, -0.2) is 4.79 Å². The van der Waals surface area contributed by atoms with Crippen LogP contribution in [0.25, 0.3) is 0 Å². The quantitative estimate of drug-likeness (QED) is 0.859. The number of halogens is 2. The summed E-state index contributed by atoms with van der Waals surface area (Å²) in [6, 6.07) is 5.19. The van der Waals surface area contributed by atoms with Gasteiger partial charge in [0, 0.05) is 23.1 Å². The molecule has 0 aromatic heterocycles. The number of hydrogen-bond donors (Lipinski definition) is 2. The summed E-state index contributed by atoms with van der Waals surface area (Å²) in [5.41, 5.74) is 0.975. The second kappa shape index (κ2) is 6.61. The minimum Gasteiger partial charge on any atom is -0.338 e. The molecule has 0 aliphatic rings. The van der Waals surface area contributed by atoms with Crippen molar-refractivity contribution in [1.29, 1.82) is 0 Å². The van der Waals surface area contributed by atoms with Crippen LogP contribution in [0.2, 0.25) is 10.0 Å². The monoisotopic (exact) mass is 260 g/mol. The smallest absolute Gasteiger partial charge is 0.314 e. The van der Waals surface area contributed by atoms with Crippen molar-refractivity contribution in [2.75, 3.05) is 13.1 Å². The zero-order valence-corrected chi connectivity index (χ0v) is 10.5. The Labute approximate surface area is 105 Å². The minimum atomic E-state index is -0.160. The van der Waals surface area contributed by atoms with Gasteiger partial charge in [0.2, 0.25) is 0 Å². The highest BCUT2D eigenvalue weighted by Crippen LogP contribution is 2.20. The normalized spacial score (nSPS) is 9.94. The van der Waals surface area contributed by atoms with Crippen LogP contribution in [0.5, 0.6) is 0 Å². The van der Waals surface area contributed by atoms with Gasteiger partial charge in [-0.3, -0.25) is 0 Å². The SMILES string of the molecule is CCNC(=O)NCCc1ccc(Cl)cc1Cl. The fraction of sp³-hybridized carbons (Fsp3) is 0.364. The molecule has 3 nitrogen and oxygen atoms in total. The van der Waals surface area contributed by atoms with Crippen molar-refractivity contribution in [3.63, 3.8) is 0 Å². The van der Waals surface area contributed by atoms with E-state index < -0.39 is 0 Å². The Morgan fingerprint density at radius 3 is 2.69 bits per heavy atom. The molecule has 0 spiro atoms. The molecular formula is C11H14Cl2N2O. The summed E-state index contributed by atoms with van der Waals surface area (Å²) in [7, 11) is 0. The molecule has 0 aliphatic heterocycles. The summed E-state index contributed by atoms with van der Waals surface area (Å²) in [5, 5.41) is 6.63. The lowest BCUT2D eigenvalue weighted by Crippen LogP contribution is -2.36. The molecule has 1 aromatic rings. The molecule has 0 radical (unpaired) electrons. The molecule has 0 unspecified atom stereocenters. The summed E-state index contributed by atoms with van der Waals surface area (Å²) in [5.74, 6) is 0. The molecule has 1 aromatic carbocycles. The van der Waals surface area contributed by atoms with Gasteiger partial charge in [0.05, 0.1) is 0 Å². The van der Waals surface area contributed by atoms with Gasteiger partial charge in [-0.05, 0) is 31.0 Å². The first-order valence-corrected chi connectivity index (χ1v) is 5.84. The number of hydrogen-bond acceptors (Lipinski definition) is 1. The number of amides is 2. The van der Waals surface area contributed by atoms with E-state index in [1.54, 1.807) is 12.1 Å². The molecular weight excluding hydrogens is 247 g/mol. The molecule has 5 heteroatoms. The second-order valence-corrected chi connectivity index (χ2v) is 4.12. The summed E-state index contributed by atoms with van der Waals surface area (Å²) in [6.07, 6.45) is 0.688. The van der Waals surface area contributed by atoms with Gasteiger partial charge in [0.1, 0.15) is 0 Å². The summed E-state index contributed by atoms with van der Waals surface area (Å²) < 4.78 is 0. The highest BCUT2D eigenvalue weighted by molar-refractivity contribution is 6.35. The molecule has 0 bridgehead atoms. The third kappa shape index (κ3) is 4.29. The second-order valence-electron chi connectivity index (χ2n) is 3.27. The van der Waals surface area contributed by atoms with Crippen LogP contribution in [0.1, 0.15) is 12.5 Å². The van der Waals surface area contributed by atoms with Crippen molar-refractivity contribution in [3.8, 4) is 0 Å². The Bertz CT molecular complexity index is 369. The standard InChI is InChI=1S/C11H14Cl2N2O/c1-2-14-11(16)15-6-5-8-3-4-9(12)7-10(8)13/h3-4,7H,2,5-6H2,1H3,(H2,14,15,16). The molecule has 0 aliphatic carbocycles. The Kier molecular flexibility index (Phi) is 5.43. The lowest BCUT2D eigenvalue weighted by Gasteiger charge is -2.07. The summed E-state index contributed by atoms with van der Waals surface area (Å²) >= 11 is 11.8. The first-order chi connectivity index (χ1) is 7.63. The lowest BCUT2D eigenvalue weighted by molar-refractivity contribution is 0.241. The Hall–Kier alpha value is -0.930. The van der Waals surface area contributed by atoms with E-state index >= 15 is 0 Å². The largest absolute Gasteiger partial charge is 0.338 e. The topological polar surface area (TPSA) is 41.1 Å². The van der Waals surface area contributed by atoms with E-state index in [4.69, 9.17) is 23.2 Å². The van der Waals surface area contributed by atoms with Crippen molar-refractivity contribution in [3.05, 3.63) is 33.8 Å². The van der Waals surface area contributed by atoms with Gasteiger partial charge in [0.25, 0.3) is 0 Å². The van der Waals surface area contributed by atoms with Gasteiger partial charge in [-0.2, -0.15) is 0 Å². The van der Waals surface area contributed by atoms with Gasteiger partial charge >= 0.3 is 6.03 Å². The van der Waals surface area contributed by atoms with E-state index in [0.717, 1.165) is 5.56 Å². The molecule has 0 atom stereocenters. The van der Waals surface area contributed by atoms with Crippen LogP contribution in [0, 0.1) is 0 Å². The van der Waals surface area contributed by atoms with Crippen LogP contribution in [0.15, 0.2) is 18.2 Å². The molecule has 0 heterocycles. The van der Waals surface area contributed by atoms with Crippen molar-refractivity contribution >= 4 is 29.2 Å². The van der Waals surface area contributed by atoms with Gasteiger partial charge in [0.15, 0.2) is 0 Å². The molecule has 1 rings (SSSR count). The molecule has 2 N–H and O–H groups in total. The van der Waals surface area contributed by atoms with Crippen LogP contribution in [-0.2, 0) is 6.42 Å². The zero-order valence-electron chi connectivity index (χ0n) is 9.02. The average Bonchev–Trinajstić information content (AvgIpc) is 2.22. The predicted molar refractivity (Wildman–Crippen MR) is 67.2 cm³/mol. The fourth-order valence-corrected chi connectivity index (χ4v) is 1.76. The Morgan fingerprint density at radius 2 is 2.06 bits per heavy atom. The number of benzene rings is 1. The maximum absolute atomic E-state index is 11.1. The molecule has 2 amide bonds. The number of carbonyl (C=O) groups excluding carboxylic acids is 1. The van der Waals surface area contributed by atoms with E-state index in [-0.39, 0.29) is 6.03 Å². The number of urea groups is 1. The summed E-state index contributed by atoms with van der Waals surface area (Å²) in [4.78, 5) is 11.1. The van der Waals surface area contributed by atoms with Crippen LogP contribution < -0.4 is 10.6 Å². The maximum atomic E-state index is 11.1. The van der Waals surface area contributed by atoms with Crippen LogP contribution >= 0.6 is 23.2 Å². The fourth-order valence-electron chi connectivity index (χ4n) is 1.26. The van der Waals surface area contributed by atoms with E-state index in [9.17, 15) is 4.79 Å². The van der Waals surface area contributed by atoms with E-state index in [1.807, 2.05) is 13.0 Å². The Morgan fingerprint density at radius 1 is 1.31 bits per heavy atom. The van der Waals surface area contributed by atoms with E-state index in [0.29, 0.717) is 29.6 Å². The predicted octanol–water partition coefficient (Wildman–Crippen LogP) is 2.86.